The minimum Gasteiger partial charge on any atom is -0.224 e. The molecule has 0 spiro atoms. The number of rotatable bonds is 0. The normalized spacial score (nSPS) is 6.10. The molecule has 1 rings (SSSR count). The van der Waals surface area contributed by atoms with Crippen molar-refractivity contribution in [2.45, 2.75) is 6.92 Å². The smallest absolute Gasteiger partial charge is 0 e. The third kappa shape index (κ3) is 9.53. The third-order valence-corrected chi connectivity index (χ3v) is 1.58. The van der Waals surface area contributed by atoms with Crippen LogP contribution in [0.3, 0.4) is 0 Å². The zero-order valence-electron chi connectivity index (χ0n) is 5.40. The van der Waals surface area contributed by atoms with Crippen molar-refractivity contribution in [2.24, 2.45) is 0 Å². The summed E-state index contributed by atoms with van der Waals surface area (Å²) in [6, 6.07) is 4.21. The van der Waals surface area contributed by atoms with Crippen LogP contribution in [0.25, 0.3) is 0 Å². The summed E-state index contributed by atoms with van der Waals surface area (Å²) in [4.78, 5) is 0. The van der Waals surface area contributed by atoms with Gasteiger partial charge in [0.2, 0.25) is 0 Å². The number of hydrogen-bond acceptors (Lipinski definition) is 0. The van der Waals surface area contributed by atoms with Gasteiger partial charge in [-0.25, -0.2) is 14.3 Å². The molecule has 0 fully saturated rings. The molecule has 0 aliphatic rings. The van der Waals surface area contributed by atoms with Gasteiger partial charge >= 0.3 is 0 Å². The second-order valence-corrected chi connectivity index (χ2v) is 2.54. The van der Waals surface area contributed by atoms with E-state index in [0.717, 1.165) is 0 Å². The maximum atomic E-state index is 2.13. The van der Waals surface area contributed by atoms with Crippen molar-refractivity contribution in [3.05, 3.63) is 23.2 Å². The minimum atomic E-state index is 0. The summed E-state index contributed by atoms with van der Waals surface area (Å²) in [6.45, 7) is 2.13. The van der Waals surface area contributed by atoms with Crippen LogP contribution in [-0.2, 0) is 26.2 Å². The Kier molecular flexibility index (Phi) is 29.6. The van der Waals surface area contributed by atoms with Gasteiger partial charge in [0, 0.05) is 26.2 Å². The van der Waals surface area contributed by atoms with Crippen molar-refractivity contribution in [3.63, 3.8) is 0 Å². The maximum Gasteiger partial charge on any atom is 0 e. The third-order valence-electron chi connectivity index (χ3n) is 0.702. The first-order valence-corrected chi connectivity index (χ1v) is 2.90. The van der Waals surface area contributed by atoms with E-state index in [1.54, 1.807) is 0 Å². The molecule has 1 heterocycles. The fraction of sp³-hybridized carbons (Fsp3) is 0.200. The molecule has 5 heteroatoms. The second kappa shape index (κ2) is 13.1. The van der Waals surface area contributed by atoms with Crippen LogP contribution in [0.5, 0.6) is 0 Å². The SMILES string of the molecule is C[c-]1cccp1.Cl.Cl.Cl.[Zr]. The quantitative estimate of drug-likeness (QED) is 0.642. The monoisotopic (exact) mass is 295 g/mol. The average molecular weight is 298 g/mol. The van der Waals surface area contributed by atoms with E-state index < -0.39 is 0 Å². The summed E-state index contributed by atoms with van der Waals surface area (Å²) in [5.41, 5.74) is 0. The Morgan fingerprint density at radius 1 is 1.20 bits per heavy atom. The van der Waals surface area contributed by atoms with Crippen LogP contribution in [0.1, 0.15) is 5.30 Å². The molecule has 0 saturated carbocycles. The summed E-state index contributed by atoms with van der Waals surface area (Å²) in [6.07, 6.45) is 0. The molecule has 60 valence electrons. The molecule has 0 nitrogen and oxygen atoms in total. The Hall–Kier alpha value is 1.53. The molecule has 0 saturated heterocycles. The van der Waals surface area contributed by atoms with Crippen molar-refractivity contribution in [1.29, 1.82) is 0 Å². The van der Waals surface area contributed by atoms with E-state index in [2.05, 4.69) is 24.9 Å². The Bertz CT molecular complexity index is 120. The molecule has 0 radical (unpaired) electrons. The molecule has 0 aromatic carbocycles. The predicted octanol–water partition coefficient (Wildman–Crippen LogP) is 3.56. The summed E-state index contributed by atoms with van der Waals surface area (Å²) in [5, 5.41) is 1.44. The first kappa shape index (κ1) is 22.5. The average Bonchev–Trinajstić information content (AvgIpc) is 1.86. The van der Waals surface area contributed by atoms with E-state index in [1.807, 2.05) is 0 Å². The topological polar surface area (TPSA) is 0 Å². The van der Waals surface area contributed by atoms with Gasteiger partial charge < -0.3 is 0 Å². The summed E-state index contributed by atoms with van der Waals surface area (Å²) in [7, 11) is 1.37. The molecule has 0 unspecified atom stereocenters. The Morgan fingerprint density at radius 3 is 1.80 bits per heavy atom. The molecule has 0 bridgehead atoms. The van der Waals surface area contributed by atoms with Crippen LogP contribution in [0.2, 0.25) is 0 Å². The van der Waals surface area contributed by atoms with Crippen molar-refractivity contribution in [3.8, 4) is 0 Å². The van der Waals surface area contributed by atoms with Gasteiger partial charge in [0.25, 0.3) is 0 Å². The standard InChI is InChI=1S/C5H6P.3ClH.Zr/c1-5-3-2-4-6-5;;;;/h2-4H,1H3;3*1H;/q-1;;;;. The van der Waals surface area contributed by atoms with E-state index in [1.165, 1.54) is 13.5 Å². The van der Waals surface area contributed by atoms with Crippen LogP contribution >= 0.6 is 45.4 Å². The number of aryl methyl sites for hydroxylation is 1. The van der Waals surface area contributed by atoms with Gasteiger partial charge in [0.15, 0.2) is 0 Å². The molecule has 0 amide bonds. The maximum absolute atomic E-state index is 2.13. The second-order valence-electron chi connectivity index (χ2n) is 1.28. The van der Waals surface area contributed by atoms with Gasteiger partial charge in [-0.1, -0.05) is 6.92 Å². The molecule has 10 heavy (non-hydrogen) atoms. The molecule has 0 aliphatic carbocycles. The van der Waals surface area contributed by atoms with Crippen LogP contribution in [0, 0.1) is 6.92 Å². The molecule has 0 aliphatic heterocycles. The summed E-state index contributed by atoms with van der Waals surface area (Å²) >= 11 is 0. The summed E-state index contributed by atoms with van der Waals surface area (Å²) < 4.78 is 0. The Labute approximate surface area is 101 Å². The number of hydrogen-bond donors (Lipinski definition) is 0. The van der Waals surface area contributed by atoms with Gasteiger partial charge in [-0.2, -0.15) is 11.9 Å². The van der Waals surface area contributed by atoms with Crippen LogP contribution in [0.15, 0.2) is 17.9 Å². The van der Waals surface area contributed by atoms with Gasteiger partial charge in [-0.3, -0.25) is 0 Å². The van der Waals surface area contributed by atoms with Crippen LogP contribution in [0.4, 0.5) is 0 Å². The Morgan fingerprint density at radius 2 is 1.70 bits per heavy atom. The van der Waals surface area contributed by atoms with Crippen LogP contribution < -0.4 is 0 Å². The van der Waals surface area contributed by atoms with Crippen molar-refractivity contribution in [1.82, 2.24) is 0 Å². The molecule has 1 aromatic rings. The first-order chi connectivity index (χ1) is 2.89. The van der Waals surface area contributed by atoms with Gasteiger partial charge in [-0.05, 0) is 0 Å². The summed E-state index contributed by atoms with van der Waals surface area (Å²) in [5.74, 6) is 2.13. The van der Waals surface area contributed by atoms with Crippen molar-refractivity contribution in [2.75, 3.05) is 0 Å². The van der Waals surface area contributed by atoms with Crippen molar-refractivity contribution < 1.29 is 26.2 Å². The molecular formula is C5H9Cl3PZr-. The van der Waals surface area contributed by atoms with E-state index >= 15 is 0 Å². The van der Waals surface area contributed by atoms with Crippen LogP contribution in [-0.4, -0.2) is 0 Å². The van der Waals surface area contributed by atoms with E-state index in [9.17, 15) is 0 Å². The fourth-order valence-corrected chi connectivity index (χ4v) is 0.965. The molecule has 0 N–H and O–H groups in total. The van der Waals surface area contributed by atoms with Gasteiger partial charge in [-0.15, -0.1) is 42.5 Å². The molecular weight excluding hydrogens is 289 g/mol. The zero-order chi connectivity index (χ0) is 4.41. The van der Waals surface area contributed by atoms with Crippen molar-refractivity contribution >= 4 is 45.4 Å². The van der Waals surface area contributed by atoms with Gasteiger partial charge in [0.05, 0.1) is 0 Å². The fourth-order valence-electron chi connectivity index (χ4n) is 0.386. The minimum absolute atomic E-state index is 0. The number of halogens is 3. The van der Waals surface area contributed by atoms with E-state index in [0.29, 0.717) is 0 Å². The van der Waals surface area contributed by atoms with E-state index in [4.69, 9.17) is 0 Å². The molecule has 0 atom stereocenters. The van der Waals surface area contributed by atoms with E-state index in [-0.39, 0.29) is 63.4 Å². The first-order valence-electron chi connectivity index (χ1n) is 1.94. The Balaban J connectivity index is -0.0000000450. The largest absolute Gasteiger partial charge is 0.224 e. The predicted molar refractivity (Wildman–Crippen MR) is 51.0 cm³/mol. The zero-order valence-corrected chi connectivity index (χ0v) is 11.2. The molecule has 1 aromatic heterocycles. The van der Waals surface area contributed by atoms with Gasteiger partial charge in [0.1, 0.15) is 0 Å².